The maximum absolute atomic E-state index is 12.0. The summed E-state index contributed by atoms with van der Waals surface area (Å²) in [6, 6.07) is 2.00. The molecular weight excluding hydrogens is 254 g/mol. The SMILES string of the molecule is COCCC(N)C(=O)Cc1ccn(C2CCCCC2)n1. The highest BCUT2D eigenvalue weighted by molar-refractivity contribution is 5.85. The van der Waals surface area contributed by atoms with Crippen LogP contribution >= 0.6 is 0 Å². The maximum Gasteiger partial charge on any atom is 0.155 e. The Morgan fingerprint density at radius 2 is 2.25 bits per heavy atom. The number of nitrogens with zero attached hydrogens (tertiary/aromatic N) is 2. The maximum atomic E-state index is 12.0. The van der Waals surface area contributed by atoms with Gasteiger partial charge in [0.1, 0.15) is 0 Å². The van der Waals surface area contributed by atoms with Crippen LogP contribution in [0, 0.1) is 0 Å². The van der Waals surface area contributed by atoms with Gasteiger partial charge in [0.15, 0.2) is 5.78 Å². The van der Waals surface area contributed by atoms with Gasteiger partial charge in [-0.1, -0.05) is 19.3 Å². The second-order valence-electron chi connectivity index (χ2n) is 5.61. The molecule has 0 spiro atoms. The highest BCUT2D eigenvalue weighted by Gasteiger charge is 2.18. The number of nitrogens with two attached hydrogens (primary N) is 1. The van der Waals surface area contributed by atoms with Crippen molar-refractivity contribution in [3.05, 3.63) is 18.0 Å². The van der Waals surface area contributed by atoms with E-state index in [2.05, 4.69) is 5.10 Å². The highest BCUT2D eigenvalue weighted by Crippen LogP contribution is 2.27. The predicted octanol–water partition coefficient (Wildman–Crippen LogP) is 1.86. The zero-order valence-corrected chi connectivity index (χ0v) is 12.3. The molecule has 0 aliphatic heterocycles. The van der Waals surface area contributed by atoms with Gasteiger partial charge in [-0.25, -0.2) is 0 Å². The number of carbonyl (C=O) groups is 1. The van der Waals surface area contributed by atoms with E-state index in [9.17, 15) is 4.79 Å². The Bertz CT molecular complexity index is 425. The molecule has 0 saturated heterocycles. The van der Waals surface area contributed by atoms with E-state index in [1.165, 1.54) is 32.1 Å². The molecule has 1 saturated carbocycles. The third-order valence-corrected chi connectivity index (χ3v) is 4.01. The lowest BCUT2D eigenvalue weighted by molar-refractivity contribution is -0.120. The van der Waals surface area contributed by atoms with Gasteiger partial charge >= 0.3 is 0 Å². The molecule has 0 aromatic carbocycles. The molecular formula is C15H25N3O2. The van der Waals surface area contributed by atoms with Gasteiger partial charge in [-0.15, -0.1) is 0 Å². The van der Waals surface area contributed by atoms with E-state index in [4.69, 9.17) is 10.5 Å². The van der Waals surface area contributed by atoms with Crippen molar-refractivity contribution in [3.8, 4) is 0 Å². The van der Waals surface area contributed by atoms with Crippen molar-refractivity contribution in [1.82, 2.24) is 9.78 Å². The first-order valence-corrected chi connectivity index (χ1v) is 7.52. The van der Waals surface area contributed by atoms with E-state index in [0.717, 1.165) is 5.69 Å². The zero-order chi connectivity index (χ0) is 14.4. The number of hydrogen-bond acceptors (Lipinski definition) is 4. The minimum atomic E-state index is -0.449. The van der Waals surface area contributed by atoms with Crippen LogP contribution in [0.15, 0.2) is 12.3 Å². The van der Waals surface area contributed by atoms with Crippen molar-refractivity contribution < 1.29 is 9.53 Å². The number of rotatable bonds is 7. The van der Waals surface area contributed by atoms with Crippen molar-refractivity contribution in [2.45, 2.75) is 57.0 Å². The molecule has 1 atom stereocenters. The van der Waals surface area contributed by atoms with Gasteiger partial charge in [0.25, 0.3) is 0 Å². The lowest BCUT2D eigenvalue weighted by Gasteiger charge is -2.21. The average molecular weight is 279 g/mol. The lowest BCUT2D eigenvalue weighted by atomic mass is 9.96. The molecule has 1 aliphatic carbocycles. The molecule has 1 heterocycles. The van der Waals surface area contributed by atoms with Gasteiger partial charge in [0.05, 0.1) is 24.2 Å². The number of ketones is 1. The van der Waals surface area contributed by atoms with Crippen molar-refractivity contribution in [1.29, 1.82) is 0 Å². The second kappa shape index (κ2) is 7.55. The summed E-state index contributed by atoms with van der Waals surface area (Å²) >= 11 is 0. The summed E-state index contributed by atoms with van der Waals surface area (Å²) in [5, 5.41) is 4.55. The number of ether oxygens (including phenoxy) is 1. The molecule has 1 unspecified atom stereocenters. The molecule has 5 heteroatoms. The Morgan fingerprint density at radius 3 is 2.95 bits per heavy atom. The van der Waals surface area contributed by atoms with Crippen molar-refractivity contribution in [2.75, 3.05) is 13.7 Å². The summed E-state index contributed by atoms with van der Waals surface area (Å²) in [6.45, 7) is 0.517. The molecule has 20 heavy (non-hydrogen) atoms. The number of carbonyl (C=O) groups excluding carboxylic acids is 1. The number of Topliss-reactive ketones (excluding diaryl/α,β-unsaturated/α-hetero) is 1. The highest BCUT2D eigenvalue weighted by atomic mass is 16.5. The summed E-state index contributed by atoms with van der Waals surface area (Å²) < 4.78 is 6.97. The summed E-state index contributed by atoms with van der Waals surface area (Å²) in [6.07, 6.45) is 9.17. The van der Waals surface area contributed by atoms with Crippen LogP contribution in [0.1, 0.15) is 50.3 Å². The third kappa shape index (κ3) is 4.15. The van der Waals surface area contributed by atoms with Crippen LogP contribution in [0.4, 0.5) is 0 Å². The lowest BCUT2D eigenvalue weighted by Crippen LogP contribution is -2.33. The van der Waals surface area contributed by atoms with Crippen LogP contribution < -0.4 is 5.73 Å². The van der Waals surface area contributed by atoms with E-state index in [-0.39, 0.29) is 5.78 Å². The number of aromatic nitrogens is 2. The van der Waals surface area contributed by atoms with Gasteiger partial charge in [-0.05, 0) is 25.3 Å². The fourth-order valence-corrected chi connectivity index (χ4v) is 2.74. The van der Waals surface area contributed by atoms with E-state index < -0.39 is 6.04 Å². The standard InChI is InChI=1S/C15H25N3O2/c1-20-10-8-14(16)15(19)11-12-7-9-18(17-12)13-5-3-2-4-6-13/h7,9,13-14H,2-6,8,10-11,16H2,1H3. The Labute approximate surface area is 120 Å². The normalized spacial score (nSPS) is 18.1. The monoisotopic (exact) mass is 279 g/mol. The topological polar surface area (TPSA) is 70.1 Å². The van der Waals surface area contributed by atoms with Gasteiger partial charge in [0.2, 0.25) is 0 Å². The zero-order valence-electron chi connectivity index (χ0n) is 12.3. The molecule has 0 amide bonds. The first-order chi connectivity index (χ1) is 9.70. The van der Waals surface area contributed by atoms with Gasteiger partial charge < -0.3 is 10.5 Å². The summed E-state index contributed by atoms with van der Waals surface area (Å²) in [5.74, 6) is 0.0379. The van der Waals surface area contributed by atoms with Gasteiger partial charge in [0, 0.05) is 19.9 Å². The Hall–Kier alpha value is -1.20. The van der Waals surface area contributed by atoms with Crippen LogP contribution in [0.25, 0.3) is 0 Å². The molecule has 1 fully saturated rings. The first kappa shape index (κ1) is 15.2. The van der Waals surface area contributed by atoms with E-state index in [1.807, 2.05) is 16.9 Å². The fourth-order valence-electron chi connectivity index (χ4n) is 2.74. The molecule has 112 valence electrons. The second-order valence-corrected chi connectivity index (χ2v) is 5.61. The molecule has 1 aromatic rings. The van der Waals surface area contributed by atoms with Crippen LogP contribution in [-0.2, 0) is 16.0 Å². The summed E-state index contributed by atoms with van der Waals surface area (Å²) in [5.41, 5.74) is 6.66. The molecule has 2 N–H and O–H groups in total. The Kier molecular flexibility index (Phi) is 5.73. The smallest absolute Gasteiger partial charge is 0.155 e. The number of hydrogen-bond donors (Lipinski definition) is 1. The minimum absolute atomic E-state index is 0.0379. The van der Waals surface area contributed by atoms with Crippen molar-refractivity contribution >= 4 is 5.78 Å². The van der Waals surface area contributed by atoms with Crippen LogP contribution in [-0.4, -0.2) is 35.3 Å². The van der Waals surface area contributed by atoms with Gasteiger partial charge in [-0.2, -0.15) is 5.10 Å². The first-order valence-electron chi connectivity index (χ1n) is 7.52. The van der Waals surface area contributed by atoms with Crippen molar-refractivity contribution in [3.63, 3.8) is 0 Å². The molecule has 0 radical (unpaired) electrons. The number of methoxy groups -OCH3 is 1. The third-order valence-electron chi connectivity index (χ3n) is 4.01. The van der Waals surface area contributed by atoms with E-state index >= 15 is 0 Å². The van der Waals surface area contributed by atoms with Crippen LogP contribution in [0.5, 0.6) is 0 Å². The Balaban J connectivity index is 1.87. The molecule has 1 aromatic heterocycles. The van der Waals surface area contributed by atoms with E-state index in [0.29, 0.717) is 25.5 Å². The van der Waals surface area contributed by atoms with E-state index in [1.54, 1.807) is 7.11 Å². The quantitative estimate of drug-likeness (QED) is 0.827. The largest absolute Gasteiger partial charge is 0.385 e. The molecule has 0 bridgehead atoms. The minimum Gasteiger partial charge on any atom is -0.385 e. The molecule has 1 aliphatic rings. The van der Waals surface area contributed by atoms with Gasteiger partial charge in [-0.3, -0.25) is 9.48 Å². The summed E-state index contributed by atoms with van der Waals surface area (Å²) in [4.78, 5) is 12.0. The predicted molar refractivity (Wildman–Crippen MR) is 77.5 cm³/mol. The molecule has 2 rings (SSSR count). The average Bonchev–Trinajstić information content (AvgIpc) is 2.94. The van der Waals surface area contributed by atoms with Crippen LogP contribution in [0.2, 0.25) is 0 Å². The fraction of sp³-hybridized carbons (Fsp3) is 0.733. The molecule has 5 nitrogen and oxygen atoms in total. The van der Waals surface area contributed by atoms with Crippen molar-refractivity contribution in [2.24, 2.45) is 5.73 Å². The van der Waals surface area contributed by atoms with Crippen LogP contribution in [0.3, 0.4) is 0 Å². The summed E-state index contributed by atoms with van der Waals surface area (Å²) in [7, 11) is 1.61. The Morgan fingerprint density at radius 1 is 1.50 bits per heavy atom.